The van der Waals surface area contributed by atoms with Gasteiger partial charge in [-0.3, -0.25) is 0 Å². The molecule has 0 saturated carbocycles. The molecule has 0 amide bonds. The Balaban J connectivity index is 2.51. The highest BCUT2D eigenvalue weighted by molar-refractivity contribution is 6.60. The van der Waals surface area contributed by atoms with E-state index in [0.717, 1.165) is 0 Å². The highest BCUT2D eigenvalue weighted by atomic mass is 27.2. The van der Waals surface area contributed by atoms with Crippen LogP contribution in [0.4, 0.5) is 5.69 Å². The zero-order valence-corrected chi connectivity index (χ0v) is 8.33. The molecular formula is C9H14AlN. The predicted octanol–water partition coefficient (Wildman–Crippen LogP) is 2.74. The summed E-state index contributed by atoms with van der Waals surface area (Å²) in [5, 5.41) is 1.30. The molecule has 0 bridgehead atoms. The molecule has 1 aromatic rings. The fraction of sp³-hybridized carbons (Fsp3) is 0.333. The monoisotopic (exact) mass is 163 g/mol. The molecule has 0 saturated heterocycles. The van der Waals surface area contributed by atoms with Crippen molar-refractivity contribution < 1.29 is 0 Å². The van der Waals surface area contributed by atoms with Gasteiger partial charge in [0.2, 0.25) is 0 Å². The second-order valence-corrected chi connectivity index (χ2v) is 5.73. The minimum Gasteiger partial charge on any atom is -0.476 e. The lowest BCUT2D eigenvalue weighted by molar-refractivity contribution is 1.40. The smallest absolute Gasteiger partial charge is 0.407 e. The molecule has 1 aromatic carbocycles. The average Bonchev–Trinajstić information content (AvgIpc) is 2.06. The summed E-state index contributed by atoms with van der Waals surface area (Å²) in [6.45, 7) is 2.24. The molecule has 0 atom stereocenters. The van der Waals surface area contributed by atoms with E-state index in [1.54, 1.807) is 0 Å². The molecule has 0 aliphatic heterocycles. The van der Waals surface area contributed by atoms with E-state index in [2.05, 4.69) is 41.3 Å². The van der Waals surface area contributed by atoms with Crippen LogP contribution in [-0.2, 0) is 0 Å². The molecule has 0 unspecified atom stereocenters. The Morgan fingerprint density at radius 1 is 1.27 bits per heavy atom. The van der Waals surface area contributed by atoms with Crippen LogP contribution in [0.15, 0.2) is 30.3 Å². The van der Waals surface area contributed by atoms with Crippen LogP contribution in [0.5, 0.6) is 0 Å². The van der Waals surface area contributed by atoms with Crippen LogP contribution < -0.4 is 4.30 Å². The summed E-state index contributed by atoms with van der Waals surface area (Å²) < 4.78 is 3.53. The van der Waals surface area contributed by atoms with Gasteiger partial charge in [0.05, 0.1) is 0 Å². The summed E-state index contributed by atoms with van der Waals surface area (Å²) in [5.41, 5.74) is 1.27. The molecule has 0 fully saturated rings. The third-order valence-corrected chi connectivity index (χ3v) is 3.85. The first kappa shape index (κ1) is 8.65. The van der Waals surface area contributed by atoms with Crippen LogP contribution >= 0.6 is 0 Å². The summed E-state index contributed by atoms with van der Waals surface area (Å²) in [6, 6.07) is 10.4. The van der Waals surface area contributed by atoms with Crippen molar-refractivity contribution in [3.8, 4) is 0 Å². The minimum absolute atomic E-state index is 0.658. The predicted molar refractivity (Wildman–Crippen MR) is 52.2 cm³/mol. The standard InChI is InChI=1S/C6H6N.C2H5.CH3.Al/c7-6-4-2-1-3-5-6;1-2;;/h1-5,7H;1H2,2H3;1H3;/q-1;;;+1. The summed E-state index contributed by atoms with van der Waals surface area (Å²) in [6.07, 6.45) is 0. The lowest BCUT2D eigenvalue weighted by Gasteiger charge is -2.07. The molecule has 0 aliphatic carbocycles. The fourth-order valence-corrected chi connectivity index (χ4v) is 1.89. The molecule has 1 N–H and O–H groups in total. The zero-order chi connectivity index (χ0) is 8.10. The van der Waals surface area contributed by atoms with Crippen molar-refractivity contribution in [3.05, 3.63) is 30.3 Å². The van der Waals surface area contributed by atoms with Crippen LogP contribution in [0, 0.1) is 0 Å². The minimum atomic E-state index is -0.658. The number of benzene rings is 1. The lowest BCUT2D eigenvalue weighted by atomic mass is 10.3. The van der Waals surface area contributed by atoms with Crippen molar-refractivity contribution in [3.63, 3.8) is 0 Å². The summed E-state index contributed by atoms with van der Waals surface area (Å²) in [4.78, 5) is 0. The van der Waals surface area contributed by atoms with Crippen molar-refractivity contribution in [1.82, 2.24) is 0 Å². The highest BCUT2D eigenvalue weighted by Crippen LogP contribution is 2.06. The Bertz CT molecular complexity index is 198. The normalized spacial score (nSPS) is 9.27. The van der Waals surface area contributed by atoms with Gasteiger partial charge < -0.3 is 4.30 Å². The van der Waals surface area contributed by atoms with E-state index in [9.17, 15) is 0 Å². The van der Waals surface area contributed by atoms with Crippen LogP contribution in [0.1, 0.15) is 6.92 Å². The van der Waals surface area contributed by atoms with E-state index in [1.165, 1.54) is 11.0 Å². The maximum atomic E-state index is 3.53. The van der Waals surface area contributed by atoms with Gasteiger partial charge in [0.1, 0.15) is 0 Å². The maximum absolute atomic E-state index is 3.53. The molecule has 0 heterocycles. The SMILES string of the molecule is C[CH2][Al]([CH3])[NH]c1ccccc1. The molecule has 1 rings (SSSR count). The molecule has 2 heteroatoms. The van der Waals surface area contributed by atoms with Gasteiger partial charge in [-0.05, 0) is 12.1 Å². The first-order valence-corrected chi connectivity index (χ1v) is 6.69. The molecule has 58 valence electrons. The van der Waals surface area contributed by atoms with Crippen LogP contribution in [0.25, 0.3) is 0 Å². The quantitative estimate of drug-likeness (QED) is 0.675. The maximum Gasteiger partial charge on any atom is 0.407 e. The summed E-state index contributed by atoms with van der Waals surface area (Å²) >= 11 is -0.658. The Labute approximate surface area is 73.0 Å². The highest BCUT2D eigenvalue weighted by Gasteiger charge is 2.06. The topological polar surface area (TPSA) is 12.0 Å². The van der Waals surface area contributed by atoms with Crippen LogP contribution in [0.3, 0.4) is 0 Å². The van der Waals surface area contributed by atoms with Gasteiger partial charge in [-0.15, -0.1) is 0 Å². The number of rotatable bonds is 3. The zero-order valence-electron chi connectivity index (χ0n) is 7.17. The first-order chi connectivity index (χ1) is 5.33. The van der Waals surface area contributed by atoms with Gasteiger partial charge in [0.15, 0.2) is 0 Å². The van der Waals surface area contributed by atoms with Crippen LogP contribution in [-0.4, -0.2) is 14.4 Å². The molecule has 0 radical (unpaired) electrons. The van der Waals surface area contributed by atoms with E-state index in [4.69, 9.17) is 0 Å². The Morgan fingerprint density at radius 2 is 1.91 bits per heavy atom. The van der Waals surface area contributed by atoms with Gasteiger partial charge in [0.25, 0.3) is 0 Å². The summed E-state index contributed by atoms with van der Waals surface area (Å²) in [7, 11) is 0. The number of anilines is 1. The van der Waals surface area contributed by atoms with Gasteiger partial charge in [-0.2, -0.15) is 0 Å². The van der Waals surface area contributed by atoms with Crippen molar-refractivity contribution in [2.24, 2.45) is 0 Å². The van der Waals surface area contributed by atoms with Crippen molar-refractivity contribution in [2.45, 2.75) is 18.0 Å². The molecule has 0 aliphatic rings. The average molecular weight is 163 g/mol. The number of hydrogen-bond donors (Lipinski definition) is 1. The van der Waals surface area contributed by atoms with Gasteiger partial charge in [0, 0.05) is 5.69 Å². The van der Waals surface area contributed by atoms with E-state index < -0.39 is 14.4 Å². The second-order valence-electron chi connectivity index (χ2n) is 2.82. The third-order valence-electron chi connectivity index (χ3n) is 1.80. The van der Waals surface area contributed by atoms with Gasteiger partial charge in [-0.1, -0.05) is 36.2 Å². The largest absolute Gasteiger partial charge is 0.476 e. The Morgan fingerprint density at radius 3 is 2.45 bits per heavy atom. The van der Waals surface area contributed by atoms with E-state index in [-0.39, 0.29) is 0 Å². The van der Waals surface area contributed by atoms with E-state index in [1.807, 2.05) is 6.07 Å². The number of hydrogen-bond acceptors (Lipinski definition) is 1. The molecule has 0 spiro atoms. The number of nitrogens with one attached hydrogen (secondary N) is 1. The van der Waals surface area contributed by atoms with Gasteiger partial charge in [-0.25, -0.2) is 0 Å². The van der Waals surface area contributed by atoms with Crippen LogP contribution in [0.2, 0.25) is 11.1 Å². The fourth-order valence-electron chi connectivity index (χ4n) is 0.921. The molecule has 0 aromatic heterocycles. The van der Waals surface area contributed by atoms with Crippen molar-refractivity contribution in [2.75, 3.05) is 4.30 Å². The summed E-state index contributed by atoms with van der Waals surface area (Å²) in [5.74, 6) is 2.33. The number of para-hydroxylation sites is 1. The third kappa shape index (κ3) is 2.97. The first-order valence-electron chi connectivity index (χ1n) is 4.14. The second kappa shape index (κ2) is 4.43. The lowest BCUT2D eigenvalue weighted by Crippen LogP contribution is -2.18. The Hall–Kier alpha value is -0.448. The molecule has 1 nitrogen and oxygen atoms in total. The molecule has 11 heavy (non-hydrogen) atoms. The van der Waals surface area contributed by atoms with E-state index >= 15 is 0 Å². The van der Waals surface area contributed by atoms with Crippen molar-refractivity contribution in [1.29, 1.82) is 0 Å². The molecular weight excluding hydrogens is 149 g/mol. The van der Waals surface area contributed by atoms with Gasteiger partial charge >= 0.3 is 14.4 Å². The van der Waals surface area contributed by atoms with E-state index in [0.29, 0.717) is 0 Å². The Kier molecular flexibility index (Phi) is 3.49. The van der Waals surface area contributed by atoms with Crippen molar-refractivity contribution >= 4 is 20.1 Å².